The molecule has 1 aliphatic heterocycles. The number of ether oxygens (including phenoxy) is 1. The maximum Gasteiger partial charge on any atom is 0.411 e. The molecule has 7 heteroatoms. The molecule has 0 spiro atoms. The molecule has 1 fully saturated rings. The van der Waals surface area contributed by atoms with Crippen molar-refractivity contribution in [3.05, 3.63) is 0 Å². The Bertz CT molecular complexity index is 428. The largest absolute Gasteiger partial charge is 0.480 e. The fourth-order valence-corrected chi connectivity index (χ4v) is 2.32. The van der Waals surface area contributed by atoms with Gasteiger partial charge in [-0.15, -0.1) is 0 Å². The van der Waals surface area contributed by atoms with E-state index >= 15 is 0 Å². The van der Waals surface area contributed by atoms with Crippen molar-refractivity contribution in [3.8, 4) is 0 Å². The molecule has 2 atom stereocenters. The molecule has 120 valence electrons. The van der Waals surface area contributed by atoms with Gasteiger partial charge in [-0.1, -0.05) is 0 Å². The zero-order chi connectivity index (χ0) is 16.4. The Kier molecular flexibility index (Phi) is 5.20. The van der Waals surface area contributed by atoms with Crippen LogP contribution in [0.5, 0.6) is 0 Å². The first-order valence-corrected chi connectivity index (χ1v) is 6.96. The predicted octanol–water partition coefficient (Wildman–Crippen LogP) is 1.17. The number of amides is 2. The maximum atomic E-state index is 12.2. The summed E-state index contributed by atoms with van der Waals surface area (Å²) in [6.45, 7) is 5.22. The molecule has 1 saturated heterocycles. The molecule has 21 heavy (non-hydrogen) atoms. The number of hydrogen-bond donors (Lipinski definition) is 1. The molecule has 0 aliphatic carbocycles. The van der Waals surface area contributed by atoms with Crippen molar-refractivity contribution < 1.29 is 24.2 Å². The van der Waals surface area contributed by atoms with Gasteiger partial charge in [0, 0.05) is 20.6 Å². The van der Waals surface area contributed by atoms with E-state index in [2.05, 4.69) is 0 Å². The molecular formula is C14H24N2O5. The van der Waals surface area contributed by atoms with Crippen LogP contribution in [0.3, 0.4) is 0 Å². The van der Waals surface area contributed by atoms with Gasteiger partial charge in [0.15, 0.2) is 0 Å². The van der Waals surface area contributed by atoms with E-state index < -0.39 is 23.7 Å². The van der Waals surface area contributed by atoms with Crippen molar-refractivity contribution in [3.63, 3.8) is 0 Å². The standard InChI is InChI=1S/C14H24N2O5/c1-14(2,3)21-13(20)16-8-9(11(17)15(4)5)6-7-10(16)12(18)19/h9-10H,6-8H2,1-5H3,(H,18,19). The topological polar surface area (TPSA) is 87.2 Å². The summed E-state index contributed by atoms with van der Waals surface area (Å²) in [7, 11) is 3.28. The number of nitrogens with zero attached hydrogens (tertiary/aromatic N) is 2. The van der Waals surface area contributed by atoms with Crippen LogP contribution in [0.4, 0.5) is 4.79 Å². The van der Waals surface area contributed by atoms with Crippen LogP contribution in [0.25, 0.3) is 0 Å². The zero-order valence-corrected chi connectivity index (χ0v) is 13.3. The van der Waals surface area contributed by atoms with E-state index in [0.29, 0.717) is 6.42 Å². The van der Waals surface area contributed by atoms with Gasteiger partial charge in [0.05, 0.1) is 5.92 Å². The third kappa shape index (κ3) is 4.61. The van der Waals surface area contributed by atoms with Crippen LogP contribution >= 0.6 is 0 Å². The summed E-state index contributed by atoms with van der Waals surface area (Å²) in [5.74, 6) is -1.56. The van der Waals surface area contributed by atoms with Crippen LogP contribution in [0.1, 0.15) is 33.6 Å². The predicted molar refractivity (Wildman–Crippen MR) is 75.8 cm³/mol. The van der Waals surface area contributed by atoms with Crippen molar-refractivity contribution in [2.45, 2.75) is 45.3 Å². The summed E-state index contributed by atoms with van der Waals surface area (Å²) in [6, 6.07) is -0.939. The summed E-state index contributed by atoms with van der Waals surface area (Å²) >= 11 is 0. The number of aliphatic carboxylic acids is 1. The number of piperidine rings is 1. The maximum absolute atomic E-state index is 12.2. The summed E-state index contributed by atoms with van der Waals surface area (Å²) in [5.41, 5.74) is -0.710. The van der Waals surface area contributed by atoms with E-state index in [1.165, 1.54) is 4.90 Å². The Labute approximate surface area is 124 Å². The second kappa shape index (κ2) is 6.32. The van der Waals surface area contributed by atoms with Crippen LogP contribution < -0.4 is 0 Å². The molecular weight excluding hydrogens is 276 g/mol. The van der Waals surface area contributed by atoms with Crippen molar-refractivity contribution in [2.24, 2.45) is 5.92 Å². The zero-order valence-electron chi connectivity index (χ0n) is 13.3. The van der Waals surface area contributed by atoms with Crippen LogP contribution in [-0.4, -0.2) is 65.2 Å². The number of carbonyl (C=O) groups is 3. The highest BCUT2D eigenvalue weighted by atomic mass is 16.6. The van der Waals surface area contributed by atoms with Crippen LogP contribution in [-0.2, 0) is 14.3 Å². The minimum atomic E-state index is -1.07. The lowest BCUT2D eigenvalue weighted by molar-refractivity contribution is -0.147. The van der Waals surface area contributed by atoms with Gasteiger partial charge in [-0.3, -0.25) is 9.69 Å². The van der Waals surface area contributed by atoms with Gasteiger partial charge in [0.1, 0.15) is 11.6 Å². The van der Waals surface area contributed by atoms with E-state index in [-0.39, 0.29) is 24.8 Å². The number of hydrogen-bond acceptors (Lipinski definition) is 4. The van der Waals surface area contributed by atoms with Gasteiger partial charge in [0.2, 0.25) is 5.91 Å². The van der Waals surface area contributed by atoms with Gasteiger partial charge in [-0.25, -0.2) is 9.59 Å². The number of carboxylic acid groups (broad SMARTS) is 1. The molecule has 1 heterocycles. The molecule has 0 aromatic rings. The second-order valence-electron chi connectivity index (χ2n) is 6.49. The van der Waals surface area contributed by atoms with E-state index in [1.54, 1.807) is 34.9 Å². The van der Waals surface area contributed by atoms with Crippen molar-refractivity contribution >= 4 is 18.0 Å². The lowest BCUT2D eigenvalue weighted by Gasteiger charge is -2.38. The van der Waals surface area contributed by atoms with Crippen molar-refractivity contribution in [1.82, 2.24) is 9.80 Å². The quantitative estimate of drug-likeness (QED) is 0.827. The highest BCUT2D eigenvalue weighted by Crippen LogP contribution is 2.25. The fraction of sp³-hybridized carbons (Fsp3) is 0.786. The third-order valence-corrected chi connectivity index (χ3v) is 3.28. The van der Waals surface area contributed by atoms with E-state index in [1.807, 2.05) is 0 Å². The summed E-state index contributed by atoms with van der Waals surface area (Å²) in [5, 5.41) is 9.25. The Morgan fingerprint density at radius 2 is 1.76 bits per heavy atom. The molecule has 1 N–H and O–H groups in total. The number of likely N-dealkylation sites (tertiary alicyclic amines) is 1. The lowest BCUT2D eigenvalue weighted by Crippen LogP contribution is -2.54. The molecule has 0 bridgehead atoms. The fourth-order valence-electron chi connectivity index (χ4n) is 2.32. The number of carbonyl (C=O) groups excluding carboxylic acids is 2. The van der Waals surface area contributed by atoms with Gasteiger partial charge in [0.25, 0.3) is 0 Å². The molecule has 7 nitrogen and oxygen atoms in total. The lowest BCUT2D eigenvalue weighted by atomic mass is 9.92. The van der Waals surface area contributed by atoms with Crippen molar-refractivity contribution in [2.75, 3.05) is 20.6 Å². The third-order valence-electron chi connectivity index (χ3n) is 3.28. The van der Waals surface area contributed by atoms with Gasteiger partial charge >= 0.3 is 12.1 Å². The second-order valence-corrected chi connectivity index (χ2v) is 6.49. The van der Waals surface area contributed by atoms with Gasteiger partial charge in [-0.05, 0) is 33.6 Å². The van der Waals surface area contributed by atoms with Gasteiger partial charge < -0.3 is 14.7 Å². The highest BCUT2D eigenvalue weighted by Gasteiger charge is 2.40. The van der Waals surface area contributed by atoms with E-state index in [9.17, 15) is 19.5 Å². The normalized spacial score (nSPS) is 22.6. The Morgan fingerprint density at radius 1 is 1.19 bits per heavy atom. The smallest absolute Gasteiger partial charge is 0.411 e. The van der Waals surface area contributed by atoms with Crippen LogP contribution in [0.15, 0.2) is 0 Å². The van der Waals surface area contributed by atoms with Gasteiger partial charge in [-0.2, -0.15) is 0 Å². The molecule has 0 radical (unpaired) electrons. The molecule has 0 aromatic heterocycles. The Morgan fingerprint density at radius 3 is 2.19 bits per heavy atom. The minimum Gasteiger partial charge on any atom is -0.480 e. The monoisotopic (exact) mass is 300 g/mol. The van der Waals surface area contributed by atoms with Crippen LogP contribution in [0.2, 0.25) is 0 Å². The van der Waals surface area contributed by atoms with E-state index in [0.717, 1.165) is 4.90 Å². The summed E-state index contributed by atoms with van der Waals surface area (Å²) in [6.07, 6.45) is 0.0118. The SMILES string of the molecule is CN(C)C(=O)C1CCC(C(=O)O)N(C(=O)OC(C)(C)C)C1. The first-order chi connectivity index (χ1) is 9.53. The number of rotatable bonds is 2. The Balaban J connectivity index is 2.89. The Hall–Kier alpha value is -1.79. The average Bonchev–Trinajstić information content (AvgIpc) is 2.34. The molecule has 0 saturated carbocycles. The van der Waals surface area contributed by atoms with E-state index in [4.69, 9.17) is 4.74 Å². The molecule has 1 aliphatic rings. The average molecular weight is 300 g/mol. The molecule has 1 rings (SSSR count). The minimum absolute atomic E-state index is 0.0723. The summed E-state index contributed by atoms with van der Waals surface area (Å²) in [4.78, 5) is 38.1. The highest BCUT2D eigenvalue weighted by molar-refractivity contribution is 5.83. The molecule has 2 unspecified atom stereocenters. The van der Waals surface area contributed by atoms with Crippen molar-refractivity contribution in [1.29, 1.82) is 0 Å². The summed E-state index contributed by atoms with van der Waals surface area (Å²) < 4.78 is 5.24. The first-order valence-electron chi connectivity index (χ1n) is 6.96. The van der Waals surface area contributed by atoms with Crippen LogP contribution in [0, 0.1) is 5.92 Å². The first kappa shape index (κ1) is 17.3. The number of carboxylic acids is 1. The molecule has 0 aromatic carbocycles. The molecule has 2 amide bonds.